The SMILES string of the molecule is CN(C)c1nc2c(ncn2[C@@H]2O[C@H](CO)[C@@H](O)[C@@]2(C)O)c(=O)[nH]1. The Hall–Kier alpha value is -2.01. The van der Waals surface area contributed by atoms with Gasteiger partial charge < -0.3 is 25.0 Å². The number of hydrogen-bond donors (Lipinski definition) is 4. The largest absolute Gasteiger partial charge is 0.394 e. The number of H-pyrrole nitrogens is 1. The lowest BCUT2D eigenvalue weighted by atomic mass is 9.96. The van der Waals surface area contributed by atoms with E-state index in [1.165, 1.54) is 17.8 Å². The summed E-state index contributed by atoms with van der Waals surface area (Å²) in [4.78, 5) is 24.6. The van der Waals surface area contributed by atoms with Gasteiger partial charge in [0.1, 0.15) is 17.8 Å². The van der Waals surface area contributed by atoms with Crippen LogP contribution in [-0.4, -0.2) is 73.3 Å². The molecule has 23 heavy (non-hydrogen) atoms. The van der Waals surface area contributed by atoms with Crippen molar-refractivity contribution in [2.24, 2.45) is 0 Å². The van der Waals surface area contributed by atoms with E-state index in [4.69, 9.17) is 4.74 Å². The number of hydrogen-bond acceptors (Lipinski definition) is 8. The van der Waals surface area contributed by atoms with Crippen LogP contribution < -0.4 is 10.5 Å². The fraction of sp³-hybridized carbons (Fsp3) is 0.615. The van der Waals surface area contributed by atoms with Crippen molar-refractivity contribution in [3.63, 3.8) is 0 Å². The molecule has 0 bridgehead atoms. The molecule has 1 saturated heterocycles. The van der Waals surface area contributed by atoms with Crippen LogP contribution in [0.25, 0.3) is 11.2 Å². The van der Waals surface area contributed by atoms with E-state index in [1.807, 2.05) is 0 Å². The maximum absolute atomic E-state index is 12.1. The number of aliphatic hydroxyl groups excluding tert-OH is 2. The van der Waals surface area contributed by atoms with E-state index in [0.717, 1.165) is 0 Å². The van der Waals surface area contributed by atoms with Gasteiger partial charge in [0.05, 0.1) is 12.9 Å². The molecular weight excluding hydrogens is 306 g/mol. The molecule has 0 unspecified atom stereocenters. The molecule has 0 aromatic carbocycles. The summed E-state index contributed by atoms with van der Waals surface area (Å²) in [6, 6.07) is 0. The molecule has 3 heterocycles. The van der Waals surface area contributed by atoms with E-state index >= 15 is 0 Å². The highest BCUT2D eigenvalue weighted by Gasteiger charge is 2.53. The highest BCUT2D eigenvalue weighted by Crippen LogP contribution is 2.39. The third-order valence-corrected chi connectivity index (χ3v) is 4.03. The third kappa shape index (κ3) is 2.30. The lowest BCUT2D eigenvalue weighted by molar-refractivity contribution is -0.0950. The summed E-state index contributed by atoms with van der Waals surface area (Å²) in [7, 11) is 3.44. The molecule has 0 aliphatic carbocycles. The molecule has 10 heteroatoms. The Labute approximate surface area is 131 Å². The molecule has 1 fully saturated rings. The van der Waals surface area contributed by atoms with Gasteiger partial charge in [0.15, 0.2) is 17.4 Å². The van der Waals surface area contributed by atoms with Crippen molar-refractivity contribution in [1.29, 1.82) is 0 Å². The number of nitrogens with one attached hydrogen (secondary N) is 1. The minimum atomic E-state index is -1.68. The second-order valence-corrected chi connectivity index (χ2v) is 5.99. The minimum absolute atomic E-state index is 0.0944. The fourth-order valence-electron chi connectivity index (χ4n) is 2.69. The molecular formula is C13H19N5O5. The second kappa shape index (κ2) is 5.27. The number of aromatic amines is 1. The first kappa shape index (κ1) is 15.9. The molecule has 2 aromatic heterocycles. The van der Waals surface area contributed by atoms with Gasteiger partial charge in [-0.25, -0.2) is 4.98 Å². The number of ether oxygens (including phenoxy) is 1. The van der Waals surface area contributed by atoms with Gasteiger partial charge in [-0.3, -0.25) is 14.3 Å². The summed E-state index contributed by atoms with van der Waals surface area (Å²) in [6.45, 7) is 0.946. The fourth-order valence-corrected chi connectivity index (χ4v) is 2.69. The third-order valence-electron chi connectivity index (χ3n) is 4.03. The Morgan fingerprint density at radius 1 is 1.52 bits per heavy atom. The van der Waals surface area contributed by atoms with Crippen molar-refractivity contribution in [1.82, 2.24) is 19.5 Å². The molecule has 0 radical (unpaired) electrons. The van der Waals surface area contributed by atoms with Crippen molar-refractivity contribution in [3.05, 3.63) is 16.7 Å². The average Bonchev–Trinajstić information content (AvgIpc) is 3.00. The predicted molar refractivity (Wildman–Crippen MR) is 80.1 cm³/mol. The molecule has 0 amide bonds. The summed E-state index contributed by atoms with van der Waals surface area (Å²) in [5.41, 5.74) is -1.79. The monoisotopic (exact) mass is 325 g/mol. The number of nitrogens with zero attached hydrogens (tertiary/aromatic N) is 4. The van der Waals surface area contributed by atoms with Crippen LogP contribution in [0.2, 0.25) is 0 Å². The van der Waals surface area contributed by atoms with Crippen molar-refractivity contribution in [2.45, 2.75) is 31.0 Å². The van der Waals surface area contributed by atoms with Gasteiger partial charge in [0, 0.05) is 14.1 Å². The average molecular weight is 325 g/mol. The first-order chi connectivity index (χ1) is 10.8. The van der Waals surface area contributed by atoms with E-state index in [1.54, 1.807) is 19.0 Å². The van der Waals surface area contributed by atoms with E-state index in [2.05, 4.69) is 15.0 Å². The van der Waals surface area contributed by atoms with Gasteiger partial charge in [-0.2, -0.15) is 4.98 Å². The molecule has 2 aromatic rings. The van der Waals surface area contributed by atoms with E-state index in [9.17, 15) is 20.1 Å². The molecule has 1 aliphatic rings. The summed E-state index contributed by atoms with van der Waals surface area (Å²) >= 11 is 0. The second-order valence-electron chi connectivity index (χ2n) is 5.99. The number of fused-ring (bicyclic) bond motifs is 1. The quantitative estimate of drug-likeness (QED) is 0.518. The van der Waals surface area contributed by atoms with Crippen molar-refractivity contribution >= 4 is 17.1 Å². The molecule has 3 rings (SSSR count). The van der Waals surface area contributed by atoms with Crippen molar-refractivity contribution in [3.8, 4) is 0 Å². The maximum Gasteiger partial charge on any atom is 0.280 e. The summed E-state index contributed by atoms with van der Waals surface area (Å²) < 4.78 is 6.92. The zero-order chi connectivity index (χ0) is 16.9. The zero-order valence-electron chi connectivity index (χ0n) is 13.0. The van der Waals surface area contributed by atoms with Crippen LogP contribution in [0.15, 0.2) is 11.1 Å². The number of anilines is 1. The summed E-state index contributed by atoms with van der Waals surface area (Å²) in [5.74, 6) is 0.321. The molecule has 4 atom stereocenters. The van der Waals surface area contributed by atoms with Crippen LogP contribution in [-0.2, 0) is 4.74 Å². The Balaban J connectivity index is 2.15. The van der Waals surface area contributed by atoms with Gasteiger partial charge in [-0.05, 0) is 6.92 Å². The predicted octanol–water partition coefficient (Wildman–Crippen LogP) is -1.81. The van der Waals surface area contributed by atoms with Crippen LogP contribution >= 0.6 is 0 Å². The first-order valence-corrected chi connectivity index (χ1v) is 7.08. The molecule has 4 N–H and O–H groups in total. The highest BCUT2D eigenvalue weighted by atomic mass is 16.6. The van der Waals surface area contributed by atoms with Gasteiger partial charge in [0.25, 0.3) is 5.56 Å². The van der Waals surface area contributed by atoms with Gasteiger partial charge in [0.2, 0.25) is 5.95 Å². The van der Waals surface area contributed by atoms with Crippen molar-refractivity contribution in [2.75, 3.05) is 25.6 Å². The smallest absolute Gasteiger partial charge is 0.280 e. The van der Waals surface area contributed by atoms with Gasteiger partial charge >= 0.3 is 0 Å². The normalized spacial score (nSPS) is 31.0. The van der Waals surface area contributed by atoms with E-state index in [0.29, 0.717) is 5.95 Å². The standard InChI is InChI=1S/C13H19N5O5/c1-13(22)8(20)6(4-19)23-11(13)18-5-14-7-9(18)15-12(17(2)3)16-10(7)21/h5-6,8,11,19-20,22H,4H2,1-3H3,(H,15,16,21)/t6-,8-,11-,13-/m1/s1. The minimum Gasteiger partial charge on any atom is -0.394 e. The summed E-state index contributed by atoms with van der Waals surface area (Å²) in [5, 5.41) is 29.9. The summed E-state index contributed by atoms with van der Waals surface area (Å²) in [6.07, 6.45) is -1.95. The van der Waals surface area contributed by atoms with E-state index < -0.39 is 36.2 Å². The molecule has 0 saturated carbocycles. The molecule has 1 aliphatic heterocycles. The van der Waals surface area contributed by atoms with Gasteiger partial charge in [-0.1, -0.05) is 0 Å². The number of rotatable bonds is 3. The zero-order valence-corrected chi connectivity index (χ0v) is 13.0. The van der Waals surface area contributed by atoms with Crippen molar-refractivity contribution < 1.29 is 20.1 Å². The topological polar surface area (TPSA) is 137 Å². The highest BCUT2D eigenvalue weighted by molar-refractivity contribution is 5.71. The lowest BCUT2D eigenvalue weighted by Gasteiger charge is -2.27. The number of imidazole rings is 1. The van der Waals surface area contributed by atoms with Crippen LogP contribution in [0, 0.1) is 0 Å². The van der Waals surface area contributed by atoms with E-state index in [-0.39, 0.29) is 11.2 Å². The molecule has 126 valence electrons. The maximum atomic E-state index is 12.1. The number of aromatic nitrogens is 4. The first-order valence-electron chi connectivity index (χ1n) is 7.08. The Bertz CT molecular complexity index is 783. The lowest BCUT2D eigenvalue weighted by Crippen LogP contribution is -2.44. The van der Waals surface area contributed by atoms with Crippen LogP contribution in [0.3, 0.4) is 0 Å². The Kier molecular flexibility index (Phi) is 3.64. The Morgan fingerprint density at radius 2 is 2.22 bits per heavy atom. The van der Waals surface area contributed by atoms with Crippen LogP contribution in [0.1, 0.15) is 13.2 Å². The van der Waals surface area contributed by atoms with Gasteiger partial charge in [-0.15, -0.1) is 0 Å². The molecule has 0 spiro atoms. The Morgan fingerprint density at radius 3 is 2.78 bits per heavy atom. The number of aliphatic hydroxyl groups is 3. The van der Waals surface area contributed by atoms with Crippen LogP contribution in [0.5, 0.6) is 0 Å². The van der Waals surface area contributed by atoms with Crippen LogP contribution in [0.4, 0.5) is 5.95 Å². The molecule has 10 nitrogen and oxygen atoms in total.